The molecule has 0 bridgehead atoms. The summed E-state index contributed by atoms with van der Waals surface area (Å²) in [6.07, 6.45) is 1.08. The fraction of sp³-hybridized carbons (Fsp3) is 0.0750. The Balaban J connectivity index is 1.43. The number of fused-ring (bicyclic) bond motifs is 6. The average Bonchev–Trinajstić information content (AvgIpc) is 3.51. The van der Waals surface area contributed by atoms with Crippen LogP contribution in [-0.2, 0) is 6.42 Å². The zero-order valence-corrected chi connectivity index (χ0v) is 26.5. The van der Waals surface area contributed by atoms with Crippen molar-refractivity contribution in [2.24, 2.45) is 0 Å². The number of allylic oxidation sites excluding steroid dienone is 2. The lowest BCUT2D eigenvalue weighted by Crippen LogP contribution is -2.40. The van der Waals surface area contributed by atoms with Crippen LogP contribution in [-0.4, -0.2) is 33.9 Å². The Morgan fingerprint density at radius 2 is 1.07 bits per heavy atom. The van der Waals surface area contributed by atoms with Crippen molar-refractivity contribution in [2.45, 2.75) is 20.3 Å². The van der Waals surface area contributed by atoms with Crippen LogP contribution in [0.5, 0.6) is 0 Å². The molecule has 8 rings (SSSR count). The van der Waals surface area contributed by atoms with E-state index >= 15 is 0 Å². The fourth-order valence-electron chi connectivity index (χ4n) is 7.40. The SMILES string of the molecule is CC1=[C]([Mg][C]2=C(C)C(=[Si](c3ccccc3)c3ccccc3)c3ccc4ccccc4c32)c2c(ccc3ccccc23)C1. The maximum Gasteiger partial charge on any atom is 0.452 e. The second kappa shape index (κ2) is 10.5. The van der Waals surface area contributed by atoms with Crippen LogP contribution in [0, 0.1) is 0 Å². The van der Waals surface area contributed by atoms with Gasteiger partial charge in [0.15, 0.2) is 0 Å². The summed E-state index contributed by atoms with van der Waals surface area (Å²) in [5.41, 5.74) is 9.11. The van der Waals surface area contributed by atoms with E-state index in [0.717, 1.165) is 6.42 Å². The van der Waals surface area contributed by atoms with E-state index < -0.39 is 28.8 Å². The van der Waals surface area contributed by atoms with Crippen LogP contribution in [0.1, 0.15) is 36.1 Å². The molecule has 0 N–H and O–H groups in total. The van der Waals surface area contributed by atoms with Gasteiger partial charge in [0.05, 0.1) is 8.41 Å². The highest BCUT2D eigenvalue weighted by molar-refractivity contribution is 6.97. The second-order valence-electron chi connectivity index (χ2n) is 11.7. The zero-order valence-electron chi connectivity index (χ0n) is 24.1. The average molecular weight is 563 g/mol. The van der Waals surface area contributed by atoms with Crippen LogP contribution in [0.3, 0.4) is 0 Å². The first-order valence-electron chi connectivity index (χ1n) is 15.0. The summed E-state index contributed by atoms with van der Waals surface area (Å²) in [4.78, 5) is 0. The number of hydrogen-bond acceptors (Lipinski definition) is 0. The highest BCUT2D eigenvalue weighted by Crippen LogP contribution is 2.43. The zero-order chi connectivity index (χ0) is 28.2. The normalized spacial score (nSPS) is 14.0. The molecule has 0 aromatic heterocycles. The molecule has 0 spiro atoms. The van der Waals surface area contributed by atoms with Gasteiger partial charge in [-0.25, -0.2) is 0 Å². The molecule has 0 fully saturated rings. The maximum absolute atomic E-state index is 2.44. The third-order valence-electron chi connectivity index (χ3n) is 9.34. The summed E-state index contributed by atoms with van der Waals surface area (Å²) in [7, 11) is -1.21. The Bertz CT molecular complexity index is 2090. The van der Waals surface area contributed by atoms with Gasteiger partial charge in [0.2, 0.25) is 0 Å². The van der Waals surface area contributed by atoms with Crippen LogP contribution in [0.2, 0.25) is 0 Å². The van der Waals surface area contributed by atoms with Gasteiger partial charge in [-0.3, -0.25) is 0 Å². The van der Waals surface area contributed by atoms with E-state index in [2.05, 4.69) is 147 Å². The summed E-state index contributed by atoms with van der Waals surface area (Å²) in [5, 5.41) is 10.0. The molecule has 0 heterocycles. The molecule has 0 saturated heterocycles. The molecular weight excluding hydrogens is 533 g/mol. The number of rotatable bonds is 4. The monoisotopic (exact) mass is 562 g/mol. The van der Waals surface area contributed by atoms with Crippen LogP contribution in [0.4, 0.5) is 0 Å². The van der Waals surface area contributed by atoms with Crippen LogP contribution >= 0.6 is 0 Å². The fourth-order valence-corrected chi connectivity index (χ4v) is 12.9. The minimum absolute atomic E-state index is 0.793. The van der Waals surface area contributed by atoms with E-state index in [-0.39, 0.29) is 0 Å². The largest absolute Gasteiger partial charge is 0.452 e. The summed E-state index contributed by atoms with van der Waals surface area (Å²) in [6.45, 7) is 4.83. The standard InChI is InChI=1S/C26H19Si.C14H11.Mg/c1-19-18-25-23-15-9-8-10-20(23)16-17-24(25)26(19)27(21-11-4-2-5-12-21)22-13-6-3-7-14-22;1-10-8-12-7-6-11-4-2-3-5-13(11)14(12)9-10;/h2-17H,1H3;2-7H,8H2,1H3;. The molecule has 0 atom stereocenters. The van der Waals surface area contributed by atoms with Crippen LogP contribution in [0.25, 0.3) is 28.9 Å². The molecule has 196 valence electrons. The number of hydrogen-bond donors (Lipinski definition) is 0. The highest BCUT2D eigenvalue weighted by atomic mass is 28.2. The molecule has 0 nitrogen and oxygen atoms in total. The van der Waals surface area contributed by atoms with Crippen molar-refractivity contribution in [1.82, 2.24) is 0 Å². The highest BCUT2D eigenvalue weighted by Gasteiger charge is 2.32. The summed E-state index contributed by atoms with van der Waals surface area (Å²) >= 11 is -0.793. The molecule has 0 aliphatic heterocycles. The first-order valence-corrected chi connectivity index (χ1v) is 17.9. The van der Waals surface area contributed by atoms with Crippen molar-refractivity contribution in [3.63, 3.8) is 0 Å². The van der Waals surface area contributed by atoms with E-state index in [0.29, 0.717) is 0 Å². The van der Waals surface area contributed by atoms with E-state index in [9.17, 15) is 0 Å². The molecule has 2 aliphatic carbocycles. The quantitative estimate of drug-likeness (QED) is 0.192. The van der Waals surface area contributed by atoms with Crippen molar-refractivity contribution in [1.29, 1.82) is 0 Å². The summed E-state index contributed by atoms with van der Waals surface area (Å²) in [6, 6.07) is 50.0. The van der Waals surface area contributed by atoms with E-state index in [1.54, 1.807) is 18.1 Å². The van der Waals surface area contributed by atoms with Gasteiger partial charge in [-0.1, -0.05) is 145 Å². The van der Waals surface area contributed by atoms with E-state index in [4.69, 9.17) is 0 Å². The van der Waals surface area contributed by atoms with Crippen LogP contribution in [0.15, 0.2) is 145 Å². The van der Waals surface area contributed by atoms with Gasteiger partial charge in [-0.05, 0) is 79.6 Å². The smallest absolute Gasteiger partial charge is 0.158 e. The second-order valence-corrected chi connectivity index (χ2v) is 15.9. The Labute approximate surface area is 259 Å². The Hall–Kier alpha value is -3.83. The minimum Gasteiger partial charge on any atom is -0.158 e. The lowest BCUT2D eigenvalue weighted by Gasteiger charge is -2.15. The maximum atomic E-state index is 2.44. The Kier molecular flexibility index (Phi) is 6.44. The molecule has 2 heteroatoms. The van der Waals surface area contributed by atoms with Gasteiger partial charge in [-0.15, -0.1) is 0 Å². The van der Waals surface area contributed by atoms with Crippen LogP contribution < -0.4 is 10.4 Å². The van der Waals surface area contributed by atoms with E-state index in [1.807, 2.05) is 0 Å². The van der Waals surface area contributed by atoms with Gasteiger partial charge in [0, 0.05) is 0 Å². The van der Waals surface area contributed by atoms with Crippen molar-refractivity contribution in [2.75, 3.05) is 0 Å². The van der Waals surface area contributed by atoms with Gasteiger partial charge >= 0.3 is 20.4 Å². The minimum atomic E-state index is -1.21. The lowest BCUT2D eigenvalue weighted by atomic mass is 10.0. The molecular formula is C40H30MgSi. The number of benzene rings is 6. The molecule has 0 saturated carbocycles. The van der Waals surface area contributed by atoms with Crippen molar-refractivity contribution in [3.8, 4) is 0 Å². The first-order chi connectivity index (χ1) is 20.7. The third kappa shape index (κ3) is 4.12. The summed E-state index contributed by atoms with van der Waals surface area (Å²) in [5.74, 6) is 0. The topological polar surface area (TPSA) is 0 Å². The molecule has 6 aromatic carbocycles. The Morgan fingerprint density at radius 1 is 0.524 bits per heavy atom. The predicted molar refractivity (Wildman–Crippen MR) is 185 cm³/mol. The van der Waals surface area contributed by atoms with Gasteiger partial charge in [-0.2, -0.15) is 7.40 Å². The lowest BCUT2D eigenvalue weighted by molar-refractivity contribution is 1.20. The van der Waals surface area contributed by atoms with Crippen molar-refractivity contribution >= 4 is 73.3 Å². The van der Waals surface area contributed by atoms with Crippen molar-refractivity contribution < 1.29 is 0 Å². The Morgan fingerprint density at radius 3 is 1.71 bits per heavy atom. The molecule has 0 radical (unpaired) electrons. The van der Waals surface area contributed by atoms with Gasteiger partial charge < -0.3 is 0 Å². The summed E-state index contributed by atoms with van der Waals surface area (Å²) < 4.78 is 3.30. The molecule has 6 aromatic rings. The van der Waals surface area contributed by atoms with E-state index in [1.165, 1.54) is 59.7 Å². The predicted octanol–water partition coefficient (Wildman–Crippen LogP) is 7.84. The molecule has 0 amide bonds. The molecule has 42 heavy (non-hydrogen) atoms. The first kappa shape index (κ1) is 25.8. The van der Waals surface area contributed by atoms with Gasteiger partial charge in [0.25, 0.3) is 0 Å². The molecule has 2 aliphatic rings. The third-order valence-corrected chi connectivity index (χ3v) is 14.9. The van der Waals surface area contributed by atoms with Crippen molar-refractivity contribution in [3.05, 3.63) is 167 Å². The van der Waals surface area contributed by atoms with Gasteiger partial charge in [0.1, 0.15) is 0 Å². The molecule has 0 unspecified atom stereocenters.